The number of alkyl halides is 1. The summed E-state index contributed by atoms with van der Waals surface area (Å²) in [7, 11) is 0. The number of rotatable bonds is 13. The number of hydrogen-bond acceptors (Lipinski definition) is 5. The van der Waals surface area contributed by atoms with E-state index in [1.807, 2.05) is 44.2 Å². The van der Waals surface area contributed by atoms with Crippen molar-refractivity contribution in [1.29, 1.82) is 0 Å². The van der Waals surface area contributed by atoms with Crippen LogP contribution >= 0.6 is 11.6 Å². The van der Waals surface area contributed by atoms with Crippen LogP contribution in [0, 0.1) is 5.92 Å². The van der Waals surface area contributed by atoms with Crippen LogP contribution in [0.1, 0.15) is 60.2 Å². The summed E-state index contributed by atoms with van der Waals surface area (Å²) in [5.41, 5.74) is 0.800. The Bertz CT molecular complexity index is 1170. The largest absolute Gasteiger partial charge is 0.494 e. The molecule has 2 atom stereocenters. The molecule has 3 aromatic rings. The topological polar surface area (TPSA) is 61.8 Å². The van der Waals surface area contributed by atoms with E-state index in [0.717, 1.165) is 42.2 Å². The van der Waals surface area contributed by atoms with Crippen molar-refractivity contribution in [2.45, 2.75) is 44.9 Å². The fourth-order valence-electron chi connectivity index (χ4n) is 3.51. The molecule has 0 unspecified atom stereocenters. The van der Waals surface area contributed by atoms with Gasteiger partial charge in [0.25, 0.3) is 0 Å². The Morgan fingerprint density at radius 3 is 2.31 bits per heavy atom. The van der Waals surface area contributed by atoms with Crippen LogP contribution in [0.25, 0.3) is 10.8 Å². The molecule has 36 heavy (non-hydrogen) atoms. The van der Waals surface area contributed by atoms with Crippen molar-refractivity contribution < 1.29 is 23.8 Å². The van der Waals surface area contributed by atoms with Crippen molar-refractivity contribution in [3.05, 3.63) is 84.4 Å². The molecule has 0 aromatic heterocycles. The molecule has 0 N–H and O–H groups in total. The summed E-state index contributed by atoms with van der Waals surface area (Å²) in [5, 5.41) is 1.66. The van der Waals surface area contributed by atoms with Crippen LogP contribution in [-0.2, 0) is 4.74 Å². The molecule has 0 heterocycles. The third-order valence-electron chi connectivity index (χ3n) is 6.05. The van der Waals surface area contributed by atoms with E-state index in [-0.39, 0.29) is 17.9 Å². The number of esters is 2. The van der Waals surface area contributed by atoms with Crippen molar-refractivity contribution in [3.63, 3.8) is 0 Å². The van der Waals surface area contributed by atoms with E-state index in [4.69, 9.17) is 25.8 Å². The predicted octanol–water partition coefficient (Wildman–Crippen LogP) is 7.60. The lowest BCUT2D eigenvalue weighted by atomic mass is 10.1. The van der Waals surface area contributed by atoms with Gasteiger partial charge in [0, 0.05) is 0 Å². The van der Waals surface area contributed by atoms with Crippen LogP contribution in [0.2, 0.25) is 0 Å². The van der Waals surface area contributed by atoms with Crippen LogP contribution in [0.5, 0.6) is 11.5 Å². The standard InChI is InChI=1S/C30H33ClO5/c1-4-6-7-8-17-34-27-16-13-23-18-25(10-9-24(23)19-27)30(33)36-26-14-11-22(12-15-26)29(32)35-20-28(31)21(3)5-2/h4,9-16,18-19,21,28H,1,5-8,17,20H2,2-3H3/t21-,28+/m0/s1. The number of allylic oxidation sites excluding steroid dienone is 1. The van der Waals surface area contributed by atoms with Gasteiger partial charge in [-0.3, -0.25) is 0 Å². The van der Waals surface area contributed by atoms with Gasteiger partial charge in [-0.2, -0.15) is 0 Å². The average molecular weight is 509 g/mol. The highest BCUT2D eigenvalue weighted by atomic mass is 35.5. The van der Waals surface area contributed by atoms with E-state index in [0.29, 0.717) is 23.5 Å². The molecule has 0 spiro atoms. The number of carbonyl (C=O) groups excluding carboxylic acids is 2. The van der Waals surface area contributed by atoms with E-state index in [1.54, 1.807) is 36.4 Å². The number of carbonyl (C=O) groups is 2. The second-order valence-electron chi connectivity index (χ2n) is 8.77. The molecule has 5 nitrogen and oxygen atoms in total. The van der Waals surface area contributed by atoms with Crippen molar-refractivity contribution >= 4 is 34.3 Å². The van der Waals surface area contributed by atoms with Gasteiger partial charge in [0.2, 0.25) is 0 Å². The third-order valence-corrected chi connectivity index (χ3v) is 6.61. The molecule has 3 aromatic carbocycles. The van der Waals surface area contributed by atoms with E-state index in [9.17, 15) is 9.59 Å². The number of benzene rings is 3. The molecular weight excluding hydrogens is 476 g/mol. The molecule has 3 rings (SSSR count). The van der Waals surface area contributed by atoms with E-state index >= 15 is 0 Å². The average Bonchev–Trinajstić information content (AvgIpc) is 2.90. The second-order valence-corrected chi connectivity index (χ2v) is 9.33. The second kappa shape index (κ2) is 13.7. The lowest BCUT2D eigenvalue weighted by molar-refractivity contribution is 0.0489. The Hall–Kier alpha value is -3.31. The zero-order valence-electron chi connectivity index (χ0n) is 20.9. The Labute approximate surface area is 218 Å². The fourth-order valence-corrected chi connectivity index (χ4v) is 3.75. The maximum absolute atomic E-state index is 12.7. The number of ether oxygens (including phenoxy) is 3. The predicted molar refractivity (Wildman–Crippen MR) is 144 cm³/mol. The van der Waals surface area contributed by atoms with Crippen molar-refractivity contribution in [1.82, 2.24) is 0 Å². The van der Waals surface area contributed by atoms with Gasteiger partial charge < -0.3 is 14.2 Å². The highest BCUT2D eigenvalue weighted by Crippen LogP contribution is 2.24. The van der Waals surface area contributed by atoms with Gasteiger partial charge in [-0.15, -0.1) is 18.2 Å². The zero-order chi connectivity index (χ0) is 25.9. The van der Waals surface area contributed by atoms with Crippen LogP contribution < -0.4 is 9.47 Å². The van der Waals surface area contributed by atoms with Gasteiger partial charge in [0.15, 0.2) is 0 Å². The van der Waals surface area contributed by atoms with Gasteiger partial charge in [-0.25, -0.2) is 9.59 Å². The Morgan fingerprint density at radius 1 is 0.917 bits per heavy atom. The summed E-state index contributed by atoms with van der Waals surface area (Å²) >= 11 is 6.24. The highest BCUT2D eigenvalue weighted by Gasteiger charge is 2.16. The summed E-state index contributed by atoms with van der Waals surface area (Å²) in [6.07, 6.45) is 5.85. The first kappa shape index (κ1) is 27.3. The summed E-state index contributed by atoms with van der Waals surface area (Å²) in [5.74, 6) is 0.456. The van der Waals surface area contributed by atoms with Crippen LogP contribution in [0.15, 0.2) is 73.3 Å². The SMILES string of the molecule is C=CCCCCOc1ccc2cc(C(=O)Oc3ccc(C(=O)OC[C@@H](Cl)[C@@H](C)CC)cc3)ccc2c1. The van der Waals surface area contributed by atoms with Crippen molar-refractivity contribution in [2.75, 3.05) is 13.2 Å². The molecule has 6 heteroatoms. The molecule has 0 fully saturated rings. The maximum atomic E-state index is 12.7. The summed E-state index contributed by atoms with van der Waals surface area (Å²) in [6.45, 7) is 8.59. The summed E-state index contributed by atoms with van der Waals surface area (Å²) in [6, 6.07) is 17.5. The number of fused-ring (bicyclic) bond motifs is 1. The molecule has 190 valence electrons. The first-order valence-corrected chi connectivity index (χ1v) is 12.8. The van der Waals surface area contributed by atoms with Gasteiger partial charge >= 0.3 is 11.9 Å². The third kappa shape index (κ3) is 7.85. The monoisotopic (exact) mass is 508 g/mol. The number of hydrogen-bond donors (Lipinski definition) is 0. The first-order chi connectivity index (χ1) is 17.4. The maximum Gasteiger partial charge on any atom is 0.343 e. The Balaban J connectivity index is 1.56. The quantitative estimate of drug-likeness (QED) is 0.0781. The molecule has 0 amide bonds. The van der Waals surface area contributed by atoms with E-state index in [1.165, 1.54) is 0 Å². The Kier molecular flexibility index (Phi) is 10.4. The normalized spacial score (nSPS) is 12.5. The van der Waals surface area contributed by atoms with Crippen molar-refractivity contribution in [3.8, 4) is 11.5 Å². The van der Waals surface area contributed by atoms with E-state index in [2.05, 4.69) is 6.58 Å². The van der Waals surface area contributed by atoms with Gasteiger partial charge in [0.05, 0.1) is 23.1 Å². The van der Waals surface area contributed by atoms with Crippen molar-refractivity contribution in [2.24, 2.45) is 5.92 Å². The van der Waals surface area contributed by atoms with Gasteiger partial charge in [-0.05, 0) is 84.5 Å². The minimum absolute atomic E-state index is 0.150. The fraction of sp³-hybridized carbons (Fsp3) is 0.333. The van der Waals surface area contributed by atoms with Crippen LogP contribution in [0.4, 0.5) is 0 Å². The molecule has 0 aliphatic carbocycles. The van der Waals surface area contributed by atoms with Gasteiger partial charge in [0.1, 0.15) is 18.1 Å². The molecule has 0 saturated heterocycles. The number of unbranched alkanes of at least 4 members (excludes halogenated alkanes) is 2. The first-order valence-electron chi connectivity index (χ1n) is 12.3. The molecule has 0 bridgehead atoms. The van der Waals surface area contributed by atoms with Crippen LogP contribution in [-0.4, -0.2) is 30.5 Å². The molecule has 0 aliphatic heterocycles. The highest BCUT2D eigenvalue weighted by molar-refractivity contribution is 6.21. The Morgan fingerprint density at radius 2 is 1.58 bits per heavy atom. The lowest BCUT2D eigenvalue weighted by Crippen LogP contribution is -2.20. The van der Waals surface area contributed by atoms with Crippen LogP contribution in [0.3, 0.4) is 0 Å². The molecule has 0 saturated carbocycles. The lowest BCUT2D eigenvalue weighted by Gasteiger charge is -2.16. The molecule has 0 aliphatic rings. The van der Waals surface area contributed by atoms with Gasteiger partial charge in [-0.1, -0.05) is 38.5 Å². The molecule has 0 radical (unpaired) electrons. The smallest absolute Gasteiger partial charge is 0.343 e. The minimum Gasteiger partial charge on any atom is -0.494 e. The number of halogens is 1. The summed E-state index contributed by atoms with van der Waals surface area (Å²) < 4.78 is 16.6. The minimum atomic E-state index is -0.478. The van der Waals surface area contributed by atoms with E-state index < -0.39 is 11.9 Å². The zero-order valence-corrected chi connectivity index (χ0v) is 21.6. The molecular formula is C30H33ClO5. The summed E-state index contributed by atoms with van der Waals surface area (Å²) in [4.78, 5) is 24.9.